The molecule has 2 atom stereocenters. The Kier molecular flexibility index (Phi) is 59.3. The summed E-state index contributed by atoms with van der Waals surface area (Å²) in [4.78, 5) is 35.2. The van der Waals surface area contributed by atoms with Crippen molar-refractivity contribution >= 4 is 19.8 Å². The average Bonchev–Trinajstić information content (AvgIpc) is 3.43. The van der Waals surface area contributed by atoms with Gasteiger partial charge in [-0.05, 0) is 116 Å². The number of phosphoric ester groups is 1. The molecule has 0 radical (unpaired) electrons. The van der Waals surface area contributed by atoms with E-state index >= 15 is 0 Å². The number of hydrogen-bond acceptors (Lipinski definition) is 8. The summed E-state index contributed by atoms with van der Waals surface area (Å²) in [6.45, 7) is 3.61. The molecule has 0 aromatic carbocycles. The van der Waals surface area contributed by atoms with Crippen LogP contribution in [0.25, 0.3) is 0 Å². The van der Waals surface area contributed by atoms with Crippen molar-refractivity contribution in [1.29, 1.82) is 0 Å². The van der Waals surface area contributed by atoms with E-state index in [1.807, 2.05) is 0 Å². The van der Waals surface area contributed by atoms with Gasteiger partial charge in [0.05, 0.1) is 13.2 Å². The number of phosphoric acid groups is 1. The van der Waals surface area contributed by atoms with Crippen molar-refractivity contribution < 1.29 is 37.6 Å². The van der Waals surface area contributed by atoms with Gasteiger partial charge in [0.25, 0.3) is 0 Å². The first-order chi connectivity index (χ1) is 38.3. The van der Waals surface area contributed by atoms with E-state index < -0.39 is 32.5 Å². The lowest BCUT2D eigenvalue weighted by Crippen LogP contribution is -2.29. The van der Waals surface area contributed by atoms with Crippen LogP contribution in [0.15, 0.2) is 134 Å². The summed E-state index contributed by atoms with van der Waals surface area (Å²) in [5, 5.41) is 0. The van der Waals surface area contributed by atoms with Crippen molar-refractivity contribution in [2.75, 3.05) is 26.4 Å². The van der Waals surface area contributed by atoms with Crippen LogP contribution in [0.2, 0.25) is 0 Å². The van der Waals surface area contributed by atoms with E-state index in [-0.39, 0.29) is 32.6 Å². The molecule has 0 bridgehead atoms. The molecule has 0 rings (SSSR count). The van der Waals surface area contributed by atoms with Crippen LogP contribution in [-0.2, 0) is 32.7 Å². The van der Waals surface area contributed by atoms with Gasteiger partial charge in [0.15, 0.2) is 6.10 Å². The molecule has 0 aromatic heterocycles. The number of hydrogen-bond donors (Lipinski definition) is 2. The zero-order valence-electron chi connectivity index (χ0n) is 49.6. The van der Waals surface area contributed by atoms with E-state index in [1.54, 1.807) is 0 Å². The Hall–Kier alpha value is -3.85. The summed E-state index contributed by atoms with van der Waals surface area (Å²) < 4.78 is 33.0. The normalized spacial score (nSPS) is 13.9. The first-order valence-corrected chi connectivity index (χ1v) is 32.7. The molecular weight excluding hydrogens is 990 g/mol. The summed E-state index contributed by atoms with van der Waals surface area (Å²) in [6.07, 6.45) is 88.0. The van der Waals surface area contributed by atoms with Crippen LogP contribution >= 0.6 is 7.82 Å². The molecule has 0 fully saturated rings. The van der Waals surface area contributed by atoms with E-state index in [0.29, 0.717) is 6.42 Å². The summed E-state index contributed by atoms with van der Waals surface area (Å²) >= 11 is 0. The molecule has 0 heterocycles. The molecule has 2 unspecified atom stereocenters. The minimum Gasteiger partial charge on any atom is -0.462 e. The van der Waals surface area contributed by atoms with Crippen molar-refractivity contribution in [3.05, 3.63) is 134 Å². The second-order valence-electron chi connectivity index (χ2n) is 20.2. The monoisotopic (exact) mass is 1100 g/mol. The SMILES string of the molecule is CC/C=C\C/C=C\C/C=C\C/C=C\C/C=C\C/C=C\C/C=C\C/C=C\C/C=C\C/C=C\CCCCCCCCCCC(=O)OC(COC(=O)CCCCCCCCC/C=C\CCCCCCCCC)COP(=O)(O)OCCN. The number of unbranched alkanes of at least 4 members (excludes halogenated alkanes) is 22. The molecule has 0 aliphatic rings. The highest BCUT2D eigenvalue weighted by Crippen LogP contribution is 2.43. The Bertz CT molecular complexity index is 1740. The van der Waals surface area contributed by atoms with E-state index in [2.05, 4.69) is 148 Å². The van der Waals surface area contributed by atoms with Gasteiger partial charge in [-0.15, -0.1) is 0 Å². The number of carbonyl (C=O) groups excluding carboxylic acids is 2. The molecular formula is C68H114NO8P. The molecule has 0 aliphatic heterocycles. The molecule has 9 nitrogen and oxygen atoms in total. The van der Waals surface area contributed by atoms with Gasteiger partial charge in [-0.1, -0.05) is 257 Å². The van der Waals surface area contributed by atoms with Crippen molar-refractivity contribution in [2.24, 2.45) is 5.73 Å². The topological polar surface area (TPSA) is 134 Å². The molecule has 444 valence electrons. The smallest absolute Gasteiger partial charge is 0.462 e. The Labute approximate surface area is 478 Å². The second kappa shape index (κ2) is 62.3. The number of esters is 2. The van der Waals surface area contributed by atoms with Crippen LogP contribution in [0.1, 0.15) is 251 Å². The standard InChI is InChI=1S/C68H114NO8P/c1-3-5-7-9-11-13-15-17-19-21-23-24-25-26-27-28-29-30-31-32-33-34-35-36-37-38-39-40-41-42-43-45-47-49-51-53-55-57-59-61-68(71)77-66(65-76-78(72,73)75-63-62-69)64-74-67(70)60-58-56-54-52-50-48-46-44-22-20-18-16-14-12-10-8-6-4-2/h5,7,11,13,17,19-20,22-24,26-27,29-30,32-33,35-36,38-39,41-42,66H,3-4,6,8-10,12,14-16,18,21,25,28,31,34,37,40,43-65,69H2,1-2H3,(H,72,73)/b7-5-,13-11-,19-17-,22-20-,24-23-,27-26-,30-29-,33-32-,36-35-,39-38-,42-41-. The van der Waals surface area contributed by atoms with Crippen LogP contribution in [0.3, 0.4) is 0 Å². The minimum absolute atomic E-state index is 0.0456. The quantitative estimate of drug-likeness (QED) is 0.0264. The number of rotatable bonds is 57. The molecule has 10 heteroatoms. The predicted octanol–water partition coefficient (Wildman–Crippen LogP) is 20.1. The van der Waals surface area contributed by atoms with E-state index in [9.17, 15) is 19.0 Å². The van der Waals surface area contributed by atoms with Crippen LogP contribution < -0.4 is 5.73 Å². The van der Waals surface area contributed by atoms with Gasteiger partial charge in [-0.2, -0.15) is 0 Å². The summed E-state index contributed by atoms with van der Waals surface area (Å²) in [5.74, 6) is -0.846. The fourth-order valence-corrected chi connectivity index (χ4v) is 8.95. The first kappa shape index (κ1) is 74.2. The van der Waals surface area contributed by atoms with Gasteiger partial charge in [-0.3, -0.25) is 18.6 Å². The first-order valence-electron chi connectivity index (χ1n) is 31.2. The maximum absolute atomic E-state index is 12.7. The third-order valence-electron chi connectivity index (χ3n) is 12.8. The van der Waals surface area contributed by atoms with Gasteiger partial charge in [0, 0.05) is 19.4 Å². The number of nitrogens with two attached hydrogens (primary N) is 1. The third-order valence-corrected chi connectivity index (χ3v) is 13.8. The van der Waals surface area contributed by atoms with Gasteiger partial charge >= 0.3 is 19.8 Å². The van der Waals surface area contributed by atoms with Crippen LogP contribution in [0.4, 0.5) is 0 Å². The van der Waals surface area contributed by atoms with Gasteiger partial charge in [-0.25, -0.2) is 4.57 Å². The van der Waals surface area contributed by atoms with Crippen LogP contribution in [0, 0.1) is 0 Å². The summed E-state index contributed by atoms with van der Waals surface area (Å²) in [7, 11) is -4.40. The summed E-state index contributed by atoms with van der Waals surface area (Å²) in [6, 6.07) is 0. The van der Waals surface area contributed by atoms with Gasteiger partial charge in [0.1, 0.15) is 6.61 Å². The molecule has 0 aliphatic carbocycles. The summed E-state index contributed by atoms with van der Waals surface area (Å²) in [5.41, 5.74) is 5.38. The molecule has 3 N–H and O–H groups in total. The molecule has 0 saturated carbocycles. The molecule has 78 heavy (non-hydrogen) atoms. The fourth-order valence-electron chi connectivity index (χ4n) is 8.19. The van der Waals surface area contributed by atoms with Crippen molar-refractivity contribution in [1.82, 2.24) is 0 Å². The third kappa shape index (κ3) is 61.4. The van der Waals surface area contributed by atoms with Crippen molar-refractivity contribution in [3.63, 3.8) is 0 Å². The molecule has 0 aromatic rings. The molecule has 0 amide bonds. The largest absolute Gasteiger partial charge is 0.472 e. The maximum Gasteiger partial charge on any atom is 0.472 e. The molecule has 0 saturated heterocycles. The van der Waals surface area contributed by atoms with Gasteiger partial charge in [0.2, 0.25) is 0 Å². The zero-order chi connectivity index (χ0) is 56.6. The van der Waals surface area contributed by atoms with Crippen LogP contribution in [0.5, 0.6) is 0 Å². The number of carbonyl (C=O) groups is 2. The number of allylic oxidation sites excluding steroid dienone is 22. The Morgan fingerprint density at radius 1 is 0.397 bits per heavy atom. The predicted molar refractivity (Wildman–Crippen MR) is 334 cm³/mol. The highest BCUT2D eigenvalue weighted by atomic mass is 31.2. The maximum atomic E-state index is 12.7. The Morgan fingerprint density at radius 2 is 0.705 bits per heavy atom. The Balaban J connectivity index is 4.00. The average molecular weight is 1100 g/mol. The lowest BCUT2D eigenvalue weighted by Gasteiger charge is -2.19. The zero-order valence-corrected chi connectivity index (χ0v) is 50.5. The van der Waals surface area contributed by atoms with E-state index in [4.69, 9.17) is 24.3 Å². The lowest BCUT2D eigenvalue weighted by atomic mass is 10.1. The molecule has 0 spiro atoms. The number of ether oxygens (including phenoxy) is 2. The highest BCUT2D eigenvalue weighted by molar-refractivity contribution is 7.47. The van der Waals surface area contributed by atoms with Crippen molar-refractivity contribution in [2.45, 2.75) is 258 Å². The van der Waals surface area contributed by atoms with Gasteiger partial charge < -0.3 is 20.1 Å². The minimum atomic E-state index is -4.40. The highest BCUT2D eigenvalue weighted by Gasteiger charge is 2.26. The van der Waals surface area contributed by atoms with E-state index in [1.165, 1.54) is 96.3 Å². The Morgan fingerprint density at radius 3 is 1.06 bits per heavy atom. The van der Waals surface area contributed by atoms with Crippen LogP contribution in [-0.4, -0.2) is 49.3 Å². The lowest BCUT2D eigenvalue weighted by molar-refractivity contribution is -0.161. The van der Waals surface area contributed by atoms with Crippen molar-refractivity contribution in [3.8, 4) is 0 Å². The second-order valence-corrected chi connectivity index (χ2v) is 21.6. The van der Waals surface area contributed by atoms with E-state index in [0.717, 1.165) is 122 Å². The fraction of sp³-hybridized carbons (Fsp3) is 0.647.